The van der Waals surface area contributed by atoms with E-state index in [1.807, 2.05) is 0 Å². The van der Waals surface area contributed by atoms with Crippen LogP contribution in [0.4, 0.5) is 43.9 Å². The van der Waals surface area contributed by atoms with Crippen molar-refractivity contribution >= 4 is 22.8 Å². The Kier molecular flexibility index (Phi) is 6.48. The molecule has 0 spiro atoms. The Morgan fingerprint density at radius 3 is 1.45 bits per heavy atom. The number of hydrogen-bond donors (Lipinski definition) is 2. The molecule has 0 aliphatic carbocycles. The average Bonchev–Trinajstić information content (AvgIpc) is 3.72. The molecule has 0 saturated heterocycles. The molecule has 4 aromatic rings. The number of benzene rings is 2. The number of halogens is 10. The van der Waals surface area contributed by atoms with E-state index in [1.165, 1.54) is 18.3 Å². The van der Waals surface area contributed by atoms with Gasteiger partial charge in [-0.05, 0) is 30.3 Å². The third-order valence-corrected chi connectivity index (χ3v) is 5.88. The largest absolute Gasteiger partial charge is 0.361 e. The maximum absolute atomic E-state index is 14.8. The monoisotopic (exact) mass is 569 g/mol. The highest BCUT2D eigenvalue weighted by atomic mass is 19.2. The molecule has 2 N–H and O–H groups in total. The summed E-state index contributed by atoms with van der Waals surface area (Å²) in [6.07, 6.45) is 2.99. The van der Waals surface area contributed by atoms with Crippen LogP contribution in [0.25, 0.3) is 11.1 Å². The molecule has 204 valence electrons. The van der Waals surface area contributed by atoms with Gasteiger partial charge in [0.15, 0.2) is 46.5 Å². The number of allylic oxidation sites excluding steroid dienone is 1. The van der Waals surface area contributed by atoms with Crippen molar-refractivity contribution in [3.05, 3.63) is 128 Å². The van der Waals surface area contributed by atoms with E-state index in [4.69, 9.17) is 0 Å². The van der Waals surface area contributed by atoms with E-state index in [9.17, 15) is 48.7 Å². The molecule has 5 rings (SSSR count). The maximum atomic E-state index is 14.8. The number of H-pyrrole nitrogens is 2. The van der Waals surface area contributed by atoms with Gasteiger partial charge in [0.2, 0.25) is 11.6 Å². The first-order chi connectivity index (χ1) is 18.9. The second-order valence-corrected chi connectivity index (χ2v) is 8.18. The lowest BCUT2D eigenvalue weighted by molar-refractivity contribution is -0.113. The predicted octanol–water partition coefficient (Wildman–Crippen LogP) is 4.72. The maximum Gasteiger partial charge on any atom is 0.270 e. The van der Waals surface area contributed by atoms with Crippen LogP contribution >= 0.6 is 0 Å². The van der Waals surface area contributed by atoms with Crippen LogP contribution in [0.2, 0.25) is 0 Å². The van der Waals surface area contributed by atoms with Crippen molar-refractivity contribution in [3.8, 4) is 0 Å². The molecular weight excluding hydrogens is 560 g/mol. The van der Waals surface area contributed by atoms with Gasteiger partial charge < -0.3 is 9.97 Å². The summed E-state index contributed by atoms with van der Waals surface area (Å²) in [7, 11) is 0. The van der Waals surface area contributed by atoms with Gasteiger partial charge in [-0.15, -0.1) is 0 Å². The van der Waals surface area contributed by atoms with Crippen molar-refractivity contribution in [2.75, 3.05) is 0 Å². The zero-order valence-electron chi connectivity index (χ0n) is 19.2. The standard InChI is InChI=1S/C26H9F10N3O/c27-17-15(18(28)22(32)25(35)21(17)31)13(8-2-1-7-37-8)9-3-4-10(38-9)14(11-5-6-12(40)39-11)16-19(29)23(33)26(36)24(34)20(16)30/h1-7,37-38H. The minimum Gasteiger partial charge on any atom is -0.361 e. The molecule has 14 heteroatoms. The van der Waals surface area contributed by atoms with Gasteiger partial charge in [-0.25, -0.2) is 48.9 Å². The lowest BCUT2D eigenvalue weighted by Gasteiger charge is -2.12. The van der Waals surface area contributed by atoms with Gasteiger partial charge in [0.05, 0.1) is 16.8 Å². The minimum absolute atomic E-state index is 0.192. The summed E-state index contributed by atoms with van der Waals surface area (Å²) in [5.41, 5.74) is -5.12. The lowest BCUT2D eigenvalue weighted by Crippen LogP contribution is -2.23. The van der Waals surface area contributed by atoms with E-state index < -0.39 is 103 Å². The molecule has 0 unspecified atom stereocenters. The molecule has 3 heterocycles. The van der Waals surface area contributed by atoms with Crippen molar-refractivity contribution < 1.29 is 48.7 Å². The third-order valence-electron chi connectivity index (χ3n) is 5.88. The summed E-state index contributed by atoms with van der Waals surface area (Å²) in [6, 6.07) is 4.46. The van der Waals surface area contributed by atoms with Crippen molar-refractivity contribution in [1.82, 2.24) is 9.97 Å². The first-order valence-corrected chi connectivity index (χ1v) is 10.9. The van der Waals surface area contributed by atoms with Crippen molar-refractivity contribution in [2.24, 2.45) is 4.99 Å². The van der Waals surface area contributed by atoms with Crippen LogP contribution in [0.3, 0.4) is 0 Å². The molecule has 4 nitrogen and oxygen atoms in total. The van der Waals surface area contributed by atoms with Crippen LogP contribution in [-0.4, -0.2) is 21.6 Å². The van der Waals surface area contributed by atoms with E-state index in [2.05, 4.69) is 15.0 Å². The highest BCUT2D eigenvalue weighted by Gasteiger charge is 2.32. The van der Waals surface area contributed by atoms with E-state index in [0.29, 0.717) is 0 Å². The first-order valence-electron chi connectivity index (χ1n) is 10.9. The fourth-order valence-corrected chi connectivity index (χ4v) is 4.12. The molecule has 0 radical (unpaired) electrons. The summed E-state index contributed by atoms with van der Waals surface area (Å²) in [6.45, 7) is 0. The lowest BCUT2D eigenvalue weighted by atomic mass is 9.98. The van der Waals surface area contributed by atoms with Crippen molar-refractivity contribution in [1.29, 1.82) is 0 Å². The fourth-order valence-electron chi connectivity index (χ4n) is 4.12. The number of aromatic amines is 2. The van der Waals surface area contributed by atoms with Gasteiger partial charge in [0.1, 0.15) is 0 Å². The summed E-state index contributed by atoms with van der Waals surface area (Å²) in [4.78, 5) is 20.2. The van der Waals surface area contributed by atoms with Gasteiger partial charge in [-0.3, -0.25) is 4.79 Å². The topological polar surface area (TPSA) is 61.0 Å². The van der Waals surface area contributed by atoms with Crippen LogP contribution < -0.4 is 10.7 Å². The zero-order valence-corrected chi connectivity index (χ0v) is 19.2. The number of nitrogens with zero attached hydrogens (tertiary/aromatic N) is 1. The number of aromatic nitrogens is 2. The smallest absolute Gasteiger partial charge is 0.270 e. The summed E-state index contributed by atoms with van der Waals surface area (Å²) in [5, 5.41) is -0.917. The first kappa shape index (κ1) is 26.7. The van der Waals surface area contributed by atoms with Gasteiger partial charge in [0.25, 0.3) is 5.91 Å². The summed E-state index contributed by atoms with van der Waals surface area (Å²) < 4.78 is 143. The molecule has 0 bridgehead atoms. The number of nitrogens with one attached hydrogen (secondary N) is 2. The van der Waals surface area contributed by atoms with E-state index in [-0.39, 0.29) is 5.69 Å². The Balaban J connectivity index is 1.96. The Bertz CT molecular complexity index is 1860. The molecule has 2 aromatic heterocycles. The van der Waals surface area contributed by atoms with Crippen LogP contribution in [0.5, 0.6) is 0 Å². The SMILES string of the molecule is O=C1C=CC(C(c2c(F)c(F)c(F)c(F)c2F)=c2ccc(=C(c3ccc[nH]3)c3c(F)c(F)c(F)c(F)c3F)[nH]2)=N1. The number of rotatable bonds is 4. The van der Waals surface area contributed by atoms with E-state index in [1.54, 1.807) is 0 Å². The van der Waals surface area contributed by atoms with E-state index >= 15 is 0 Å². The van der Waals surface area contributed by atoms with Crippen LogP contribution in [0.1, 0.15) is 16.8 Å². The predicted molar refractivity (Wildman–Crippen MR) is 119 cm³/mol. The molecule has 1 amide bonds. The van der Waals surface area contributed by atoms with Crippen molar-refractivity contribution in [2.45, 2.75) is 0 Å². The number of amides is 1. The molecular formula is C26H9F10N3O. The Morgan fingerprint density at radius 1 is 0.575 bits per heavy atom. The molecule has 1 aliphatic rings. The third kappa shape index (κ3) is 4.03. The average molecular weight is 569 g/mol. The van der Waals surface area contributed by atoms with Crippen LogP contribution in [0, 0.1) is 58.2 Å². The van der Waals surface area contributed by atoms with Gasteiger partial charge in [-0.1, -0.05) is 0 Å². The Labute approximate surface area is 215 Å². The quantitative estimate of drug-likeness (QED) is 0.209. The number of aliphatic imine (C=N–C) groups is 1. The van der Waals surface area contributed by atoms with E-state index in [0.717, 1.165) is 24.3 Å². The second-order valence-electron chi connectivity index (χ2n) is 8.18. The normalized spacial score (nSPS) is 14.7. The van der Waals surface area contributed by atoms with Gasteiger partial charge in [-0.2, -0.15) is 0 Å². The van der Waals surface area contributed by atoms with Crippen LogP contribution in [0.15, 0.2) is 47.6 Å². The Morgan fingerprint density at radius 2 is 1.02 bits per heavy atom. The molecule has 0 atom stereocenters. The minimum atomic E-state index is -2.46. The molecule has 40 heavy (non-hydrogen) atoms. The molecule has 0 saturated carbocycles. The molecule has 2 aromatic carbocycles. The van der Waals surface area contributed by atoms with Gasteiger partial charge >= 0.3 is 0 Å². The zero-order chi connectivity index (χ0) is 29.0. The second kappa shape index (κ2) is 9.70. The summed E-state index contributed by atoms with van der Waals surface area (Å²) >= 11 is 0. The highest BCUT2D eigenvalue weighted by Crippen LogP contribution is 2.31. The summed E-state index contributed by atoms with van der Waals surface area (Å²) in [5.74, 6) is -24.0. The number of carbonyl (C=O) groups is 1. The number of hydrogen-bond acceptors (Lipinski definition) is 1. The van der Waals surface area contributed by atoms with Crippen molar-refractivity contribution in [3.63, 3.8) is 0 Å². The molecule has 1 aliphatic heterocycles. The van der Waals surface area contributed by atoms with Crippen LogP contribution in [-0.2, 0) is 4.79 Å². The molecule has 0 fully saturated rings. The fraction of sp³-hybridized carbons (Fsp3) is 0. The highest BCUT2D eigenvalue weighted by molar-refractivity contribution is 6.34. The Hall–Kier alpha value is -4.88. The van der Waals surface area contributed by atoms with Gasteiger partial charge in [0, 0.05) is 39.8 Å². The number of carbonyl (C=O) groups excluding carboxylic acids is 1.